The smallest absolute Gasteiger partial charge is 0.250 e. The van der Waals surface area contributed by atoms with Crippen molar-refractivity contribution in [2.24, 2.45) is 0 Å². The van der Waals surface area contributed by atoms with Crippen LogP contribution >= 0.6 is 11.3 Å². The molecule has 0 aliphatic rings. The number of methoxy groups -OCH3 is 1. The van der Waals surface area contributed by atoms with Gasteiger partial charge in [0.2, 0.25) is 5.91 Å². The van der Waals surface area contributed by atoms with E-state index < -0.39 is 9.84 Å². The summed E-state index contributed by atoms with van der Waals surface area (Å²) >= 11 is 1.34. The van der Waals surface area contributed by atoms with Crippen LogP contribution < -0.4 is 10.1 Å². The van der Waals surface area contributed by atoms with Crippen molar-refractivity contribution in [3.8, 4) is 17.0 Å². The van der Waals surface area contributed by atoms with Crippen LogP contribution in [0.25, 0.3) is 17.3 Å². The first kappa shape index (κ1) is 22.7. The summed E-state index contributed by atoms with van der Waals surface area (Å²) in [5, 5.41) is 5.12. The molecule has 0 bridgehead atoms. The molecule has 0 aliphatic heterocycles. The normalized spacial score (nSPS) is 11.5. The van der Waals surface area contributed by atoms with E-state index >= 15 is 0 Å². The molecule has 0 saturated heterocycles. The fraction of sp³-hybridized carbons (Fsp3) is 0.217. The Bertz CT molecular complexity index is 1150. The Labute approximate surface area is 186 Å². The van der Waals surface area contributed by atoms with Crippen molar-refractivity contribution in [3.63, 3.8) is 0 Å². The van der Waals surface area contributed by atoms with Crippen LogP contribution in [0.2, 0.25) is 0 Å². The van der Waals surface area contributed by atoms with Crippen LogP contribution in [0.3, 0.4) is 0 Å². The highest BCUT2D eigenvalue weighted by atomic mass is 32.2. The quantitative estimate of drug-likeness (QED) is 0.456. The molecule has 1 aromatic heterocycles. The summed E-state index contributed by atoms with van der Waals surface area (Å²) in [5.41, 5.74) is 2.44. The predicted octanol–water partition coefficient (Wildman–Crippen LogP) is 5.04. The molecule has 6 nitrogen and oxygen atoms in total. The number of nitrogens with one attached hydrogen (secondary N) is 1. The van der Waals surface area contributed by atoms with Crippen LogP contribution in [0, 0.1) is 0 Å². The minimum Gasteiger partial charge on any atom is -0.497 e. The molecule has 0 unspecified atom stereocenters. The third-order valence-corrected chi connectivity index (χ3v) is 7.13. The molecule has 3 aromatic rings. The summed E-state index contributed by atoms with van der Waals surface area (Å²) in [7, 11) is -1.64. The number of hydrogen-bond acceptors (Lipinski definition) is 6. The second kappa shape index (κ2) is 10.4. The van der Waals surface area contributed by atoms with Gasteiger partial charge in [-0.25, -0.2) is 13.4 Å². The van der Waals surface area contributed by atoms with Crippen molar-refractivity contribution >= 4 is 38.3 Å². The van der Waals surface area contributed by atoms with Crippen molar-refractivity contribution in [2.45, 2.75) is 24.7 Å². The molecule has 31 heavy (non-hydrogen) atoms. The van der Waals surface area contributed by atoms with Crippen molar-refractivity contribution < 1.29 is 17.9 Å². The molecule has 1 amide bonds. The Kier molecular flexibility index (Phi) is 7.59. The van der Waals surface area contributed by atoms with Gasteiger partial charge < -0.3 is 4.74 Å². The molecular formula is C23H24N2O4S2. The zero-order chi connectivity index (χ0) is 22.3. The minimum absolute atomic E-state index is 0.146. The summed E-state index contributed by atoms with van der Waals surface area (Å²) in [6.07, 6.45) is 4.50. The zero-order valence-electron chi connectivity index (χ0n) is 17.4. The van der Waals surface area contributed by atoms with Gasteiger partial charge in [-0.3, -0.25) is 10.1 Å². The Morgan fingerprint density at radius 2 is 1.84 bits per heavy atom. The van der Waals surface area contributed by atoms with Gasteiger partial charge >= 0.3 is 0 Å². The lowest BCUT2D eigenvalue weighted by Gasteiger charge is -2.04. The zero-order valence-corrected chi connectivity index (χ0v) is 19.0. The number of anilines is 1. The first-order chi connectivity index (χ1) is 14.9. The number of thiazole rings is 1. The highest BCUT2D eigenvalue weighted by Gasteiger charge is 2.13. The van der Waals surface area contributed by atoms with E-state index in [0.717, 1.165) is 29.0 Å². The standard InChI is InChI=1S/C23H24N2O4S2/c1-3-4-15-31(27,28)20-12-5-17(6-13-20)7-14-22(26)25-23-24-21(16-30-23)18-8-10-19(29-2)11-9-18/h5-14,16H,3-4,15H2,1-2H3,(H,24,25,26). The van der Waals surface area contributed by atoms with E-state index in [1.165, 1.54) is 17.4 Å². The van der Waals surface area contributed by atoms with E-state index in [0.29, 0.717) is 16.4 Å². The van der Waals surface area contributed by atoms with Crippen molar-refractivity contribution in [2.75, 3.05) is 18.2 Å². The summed E-state index contributed by atoms with van der Waals surface area (Å²) in [6.45, 7) is 1.96. The molecule has 162 valence electrons. The van der Waals surface area contributed by atoms with Gasteiger partial charge in [0.1, 0.15) is 5.75 Å². The first-order valence-electron chi connectivity index (χ1n) is 9.83. The van der Waals surface area contributed by atoms with Crippen LogP contribution in [0.5, 0.6) is 5.75 Å². The van der Waals surface area contributed by atoms with Gasteiger partial charge in [-0.05, 0) is 54.5 Å². The third-order valence-electron chi connectivity index (χ3n) is 4.55. The van der Waals surface area contributed by atoms with Crippen LogP contribution in [0.1, 0.15) is 25.3 Å². The minimum atomic E-state index is -3.25. The fourth-order valence-corrected chi connectivity index (χ4v) is 4.96. The predicted molar refractivity (Wildman–Crippen MR) is 125 cm³/mol. The van der Waals surface area contributed by atoms with Gasteiger partial charge in [0.15, 0.2) is 15.0 Å². The fourth-order valence-electron chi connectivity index (χ4n) is 2.78. The average molecular weight is 457 g/mol. The summed E-state index contributed by atoms with van der Waals surface area (Å²) in [6, 6.07) is 14.1. The molecule has 0 fully saturated rings. The highest BCUT2D eigenvalue weighted by Crippen LogP contribution is 2.26. The Morgan fingerprint density at radius 1 is 1.13 bits per heavy atom. The SMILES string of the molecule is CCCCS(=O)(=O)c1ccc(C=CC(=O)Nc2nc(-c3ccc(OC)cc3)cs2)cc1. The number of hydrogen-bond donors (Lipinski definition) is 1. The maximum absolute atomic E-state index is 12.2. The monoisotopic (exact) mass is 456 g/mol. The molecule has 0 saturated carbocycles. The molecule has 1 heterocycles. The van der Waals surface area contributed by atoms with Crippen LogP contribution in [-0.2, 0) is 14.6 Å². The summed E-state index contributed by atoms with van der Waals surface area (Å²) < 4.78 is 29.6. The second-order valence-corrected chi connectivity index (χ2v) is 9.80. The second-order valence-electron chi connectivity index (χ2n) is 6.83. The van der Waals surface area contributed by atoms with Gasteiger partial charge in [-0.1, -0.05) is 25.5 Å². The van der Waals surface area contributed by atoms with Crippen LogP contribution in [-0.4, -0.2) is 32.2 Å². The van der Waals surface area contributed by atoms with E-state index in [9.17, 15) is 13.2 Å². The average Bonchev–Trinajstić information content (AvgIpc) is 3.25. The number of benzene rings is 2. The van der Waals surface area contributed by atoms with Crippen LogP contribution in [0.15, 0.2) is 64.9 Å². The Balaban J connectivity index is 1.60. The largest absolute Gasteiger partial charge is 0.497 e. The third kappa shape index (κ3) is 6.26. The number of carbonyl (C=O) groups excluding carboxylic acids is 1. The van der Waals surface area contributed by atoms with Gasteiger partial charge in [0, 0.05) is 17.0 Å². The van der Waals surface area contributed by atoms with Crippen molar-refractivity contribution in [1.82, 2.24) is 4.98 Å². The number of rotatable bonds is 9. The van der Waals surface area contributed by atoms with E-state index in [1.54, 1.807) is 37.5 Å². The first-order valence-corrected chi connectivity index (χ1v) is 12.4. The molecule has 2 aromatic carbocycles. The molecule has 0 atom stereocenters. The Hall–Kier alpha value is -2.97. The molecule has 0 radical (unpaired) electrons. The van der Waals surface area contributed by atoms with Gasteiger partial charge in [-0.2, -0.15) is 0 Å². The lowest BCUT2D eigenvalue weighted by Crippen LogP contribution is -2.07. The van der Waals surface area contributed by atoms with Gasteiger partial charge in [0.25, 0.3) is 0 Å². The Morgan fingerprint density at radius 3 is 2.48 bits per heavy atom. The molecule has 0 aliphatic carbocycles. The molecule has 3 rings (SSSR count). The number of nitrogens with zero attached hydrogens (tertiary/aromatic N) is 1. The number of unbranched alkanes of at least 4 members (excludes halogenated alkanes) is 1. The molecular weight excluding hydrogens is 432 g/mol. The van der Waals surface area contributed by atoms with Gasteiger partial charge in [-0.15, -0.1) is 11.3 Å². The maximum Gasteiger partial charge on any atom is 0.250 e. The van der Waals surface area contributed by atoms with Crippen molar-refractivity contribution in [3.05, 3.63) is 65.6 Å². The lowest BCUT2D eigenvalue weighted by atomic mass is 10.2. The highest BCUT2D eigenvalue weighted by molar-refractivity contribution is 7.91. The number of carbonyl (C=O) groups is 1. The maximum atomic E-state index is 12.2. The summed E-state index contributed by atoms with van der Waals surface area (Å²) in [5.74, 6) is 0.604. The molecule has 1 N–H and O–H groups in total. The topological polar surface area (TPSA) is 85.4 Å². The van der Waals surface area contributed by atoms with E-state index in [2.05, 4.69) is 10.3 Å². The molecule has 8 heteroatoms. The number of aromatic nitrogens is 1. The number of sulfone groups is 1. The van der Waals surface area contributed by atoms with Crippen LogP contribution in [0.4, 0.5) is 5.13 Å². The van der Waals surface area contributed by atoms with Crippen molar-refractivity contribution in [1.29, 1.82) is 0 Å². The summed E-state index contributed by atoms with van der Waals surface area (Å²) in [4.78, 5) is 17.0. The number of ether oxygens (including phenoxy) is 1. The van der Waals surface area contributed by atoms with Gasteiger partial charge in [0.05, 0.1) is 23.5 Å². The lowest BCUT2D eigenvalue weighted by molar-refractivity contribution is -0.111. The molecule has 0 spiro atoms. The number of amides is 1. The van der Waals surface area contributed by atoms with E-state index in [-0.39, 0.29) is 11.7 Å². The van der Waals surface area contributed by atoms with E-state index in [1.807, 2.05) is 36.6 Å². The van der Waals surface area contributed by atoms with E-state index in [4.69, 9.17) is 4.74 Å².